The van der Waals surface area contributed by atoms with Crippen LogP contribution in [0.15, 0.2) is 27.3 Å². The van der Waals surface area contributed by atoms with Crippen LogP contribution in [0.1, 0.15) is 0 Å². The third kappa shape index (κ3) is 1.10. The van der Waals surface area contributed by atoms with E-state index in [0.29, 0.717) is 0 Å². The molecular weight excluding hydrogens is 272 g/mol. The number of fused-ring (bicyclic) bond motifs is 1. The van der Waals surface area contributed by atoms with Crippen LogP contribution in [0.3, 0.4) is 0 Å². The number of hydrogen-bond donors (Lipinski definition) is 1. The summed E-state index contributed by atoms with van der Waals surface area (Å²) in [6.45, 7) is 0. The highest BCUT2D eigenvalue weighted by molar-refractivity contribution is 9.13. The number of nitrogens with one attached hydrogen (secondary N) is 1. The lowest BCUT2D eigenvalue weighted by Gasteiger charge is -1.95. The van der Waals surface area contributed by atoms with Gasteiger partial charge >= 0.3 is 0 Å². The maximum Gasteiger partial charge on any atom is 0.0662 e. The third-order valence-electron chi connectivity index (χ3n) is 1.51. The number of aromatic nitrogens is 2. The van der Waals surface area contributed by atoms with E-state index in [2.05, 4.69) is 42.1 Å². The molecule has 1 N–H and O–H groups in total. The van der Waals surface area contributed by atoms with Gasteiger partial charge in [0.1, 0.15) is 0 Å². The molecule has 4 heteroatoms. The van der Waals surface area contributed by atoms with Crippen molar-refractivity contribution in [2.24, 2.45) is 0 Å². The Balaban J connectivity index is 2.93. The Kier molecular flexibility index (Phi) is 1.73. The highest BCUT2D eigenvalue weighted by atomic mass is 79.9. The molecule has 11 heavy (non-hydrogen) atoms. The molecule has 0 fully saturated rings. The van der Waals surface area contributed by atoms with Gasteiger partial charge in [-0.15, -0.1) is 0 Å². The second-order valence-corrected chi connectivity index (χ2v) is 3.84. The molecule has 0 atom stereocenters. The van der Waals surface area contributed by atoms with Crippen LogP contribution in [0.5, 0.6) is 0 Å². The number of hydrogen-bond acceptors (Lipinski definition) is 1. The highest BCUT2D eigenvalue weighted by Crippen LogP contribution is 2.29. The summed E-state index contributed by atoms with van der Waals surface area (Å²) in [4.78, 5) is 0. The molecule has 0 saturated heterocycles. The number of H-pyrrole nitrogens is 1. The predicted molar refractivity (Wildman–Crippen MR) is 51.5 cm³/mol. The van der Waals surface area contributed by atoms with Gasteiger partial charge in [0.15, 0.2) is 0 Å². The summed E-state index contributed by atoms with van der Waals surface area (Å²) in [5, 5.41) is 7.91. The lowest BCUT2D eigenvalue weighted by Crippen LogP contribution is -1.71. The molecule has 0 saturated carbocycles. The fourth-order valence-electron chi connectivity index (χ4n) is 0.956. The lowest BCUT2D eigenvalue weighted by atomic mass is 10.3. The largest absolute Gasteiger partial charge is 0.278 e. The molecule has 0 aliphatic rings. The molecular formula is C7H4Br2N2. The number of halogens is 2. The van der Waals surface area contributed by atoms with Gasteiger partial charge in [-0.3, -0.25) is 5.10 Å². The summed E-state index contributed by atoms with van der Waals surface area (Å²) in [5.41, 5.74) is 1.04. The maximum absolute atomic E-state index is 3.93. The quantitative estimate of drug-likeness (QED) is 0.786. The summed E-state index contributed by atoms with van der Waals surface area (Å²) in [7, 11) is 0. The molecule has 2 aromatic rings. The van der Waals surface area contributed by atoms with Crippen LogP contribution in [0.25, 0.3) is 10.9 Å². The first-order valence-corrected chi connectivity index (χ1v) is 4.65. The van der Waals surface area contributed by atoms with E-state index in [-0.39, 0.29) is 0 Å². The minimum atomic E-state index is 1.04. The van der Waals surface area contributed by atoms with Gasteiger partial charge in [-0.25, -0.2) is 0 Å². The SMILES string of the molecule is Brc1ccc2[nH]ncc2c1Br. The smallest absolute Gasteiger partial charge is 0.0662 e. The zero-order chi connectivity index (χ0) is 7.84. The van der Waals surface area contributed by atoms with Gasteiger partial charge in [0, 0.05) is 14.3 Å². The topological polar surface area (TPSA) is 28.7 Å². The zero-order valence-corrected chi connectivity index (χ0v) is 8.61. The van der Waals surface area contributed by atoms with E-state index >= 15 is 0 Å². The van der Waals surface area contributed by atoms with Crippen LogP contribution in [0, 0.1) is 0 Å². The van der Waals surface area contributed by atoms with Gasteiger partial charge in [0.25, 0.3) is 0 Å². The van der Waals surface area contributed by atoms with E-state index in [1.165, 1.54) is 0 Å². The van der Waals surface area contributed by atoms with E-state index in [1.807, 2.05) is 12.1 Å². The Morgan fingerprint density at radius 3 is 2.91 bits per heavy atom. The molecule has 0 aliphatic heterocycles. The predicted octanol–water partition coefficient (Wildman–Crippen LogP) is 3.09. The van der Waals surface area contributed by atoms with Crippen molar-refractivity contribution in [1.29, 1.82) is 0 Å². The van der Waals surface area contributed by atoms with Gasteiger partial charge in [-0.1, -0.05) is 0 Å². The van der Waals surface area contributed by atoms with Gasteiger partial charge < -0.3 is 0 Å². The summed E-state index contributed by atoms with van der Waals surface area (Å²) in [6.07, 6.45) is 1.80. The number of benzene rings is 1. The third-order valence-corrected chi connectivity index (χ3v) is 3.56. The average molecular weight is 276 g/mol. The van der Waals surface area contributed by atoms with Crippen molar-refractivity contribution in [3.63, 3.8) is 0 Å². The van der Waals surface area contributed by atoms with E-state index in [0.717, 1.165) is 19.8 Å². The number of rotatable bonds is 0. The van der Waals surface area contributed by atoms with E-state index in [4.69, 9.17) is 0 Å². The molecule has 1 heterocycles. The van der Waals surface area contributed by atoms with Crippen LogP contribution in [0.4, 0.5) is 0 Å². The van der Waals surface area contributed by atoms with Gasteiger partial charge in [0.05, 0.1) is 11.7 Å². The summed E-state index contributed by atoms with van der Waals surface area (Å²) in [6, 6.07) is 3.96. The normalized spacial score (nSPS) is 10.7. The monoisotopic (exact) mass is 274 g/mol. The molecule has 0 unspecified atom stereocenters. The van der Waals surface area contributed by atoms with Crippen molar-refractivity contribution in [2.45, 2.75) is 0 Å². The Labute approximate surface area is 80.2 Å². The average Bonchev–Trinajstić information content (AvgIpc) is 2.45. The molecule has 56 valence electrons. The molecule has 0 spiro atoms. The second kappa shape index (κ2) is 2.60. The van der Waals surface area contributed by atoms with Crippen molar-refractivity contribution in [3.05, 3.63) is 27.3 Å². The Bertz CT molecular complexity index is 394. The van der Waals surface area contributed by atoms with Gasteiger partial charge in [0.2, 0.25) is 0 Å². The summed E-state index contributed by atoms with van der Waals surface area (Å²) in [5.74, 6) is 0. The molecule has 0 radical (unpaired) electrons. The van der Waals surface area contributed by atoms with Crippen molar-refractivity contribution in [3.8, 4) is 0 Å². The highest BCUT2D eigenvalue weighted by Gasteiger charge is 2.02. The molecule has 0 amide bonds. The molecule has 2 rings (SSSR count). The van der Waals surface area contributed by atoms with Crippen LogP contribution in [0.2, 0.25) is 0 Å². The molecule has 0 bridgehead atoms. The lowest BCUT2D eigenvalue weighted by molar-refractivity contribution is 1.12. The summed E-state index contributed by atoms with van der Waals surface area (Å²) >= 11 is 6.87. The van der Waals surface area contributed by atoms with Crippen LogP contribution >= 0.6 is 31.9 Å². The first-order valence-electron chi connectivity index (χ1n) is 3.06. The molecule has 1 aromatic heterocycles. The maximum atomic E-state index is 3.93. The van der Waals surface area contributed by atoms with Crippen molar-refractivity contribution in [2.75, 3.05) is 0 Å². The Morgan fingerprint density at radius 1 is 1.27 bits per heavy atom. The van der Waals surface area contributed by atoms with E-state index < -0.39 is 0 Å². The number of aromatic amines is 1. The standard InChI is InChI=1S/C7H4Br2N2/c8-5-1-2-6-4(7(5)9)3-10-11-6/h1-3H,(H,10,11). The Morgan fingerprint density at radius 2 is 2.09 bits per heavy atom. The Hall–Kier alpha value is -0.350. The van der Waals surface area contributed by atoms with Gasteiger partial charge in [-0.05, 0) is 44.0 Å². The summed E-state index contributed by atoms with van der Waals surface area (Å²) < 4.78 is 2.09. The minimum Gasteiger partial charge on any atom is -0.278 e. The fourth-order valence-corrected chi connectivity index (χ4v) is 1.75. The molecule has 1 aromatic carbocycles. The number of nitrogens with zero attached hydrogens (tertiary/aromatic N) is 1. The molecule has 2 nitrogen and oxygen atoms in total. The minimum absolute atomic E-state index is 1.04. The zero-order valence-electron chi connectivity index (χ0n) is 5.44. The van der Waals surface area contributed by atoms with Crippen molar-refractivity contribution < 1.29 is 0 Å². The van der Waals surface area contributed by atoms with Crippen molar-refractivity contribution in [1.82, 2.24) is 10.2 Å². The second-order valence-electron chi connectivity index (χ2n) is 2.19. The molecule has 0 aliphatic carbocycles. The van der Waals surface area contributed by atoms with Gasteiger partial charge in [-0.2, -0.15) is 5.10 Å². The van der Waals surface area contributed by atoms with Crippen LogP contribution < -0.4 is 0 Å². The van der Waals surface area contributed by atoms with E-state index in [1.54, 1.807) is 6.20 Å². The fraction of sp³-hybridized carbons (Fsp3) is 0. The first-order chi connectivity index (χ1) is 5.29. The van der Waals surface area contributed by atoms with Crippen molar-refractivity contribution >= 4 is 42.8 Å². The van der Waals surface area contributed by atoms with E-state index in [9.17, 15) is 0 Å². The van der Waals surface area contributed by atoms with Crippen LogP contribution in [-0.2, 0) is 0 Å². The first kappa shape index (κ1) is 7.31. The van der Waals surface area contributed by atoms with Crippen LogP contribution in [-0.4, -0.2) is 10.2 Å².